The SMILES string of the molecule is O=C(O)c1c(NS(=O)(=O)c2ccc(Cl)c3nonc23)ccc2c1CCCC2. The molecule has 0 fully saturated rings. The Hall–Kier alpha value is -2.65. The van der Waals surface area contributed by atoms with E-state index in [1.165, 1.54) is 18.2 Å². The van der Waals surface area contributed by atoms with Gasteiger partial charge in [0, 0.05) is 0 Å². The minimum atomic E-state index is -4.14. The lowest BCUT2D eigenvalue weighted by molar-refractivity contribution is 0.0696. The summed E-state index contributed by atoms with van der Waals surface area (Å²) in [6.45, 7) is 0. The van der Waals surface area contributed by atoms with Crippen molar-refractivity contribution in [2.24, 2.45) is 0 Å². The van der Waals surface area contributed by atoms with E-state index >= 15 is 0 Å². The van der Waals surface area contributed by atoms with Gasteiger partial charge >= 0.3 is 5.97 Å². The topological polar surface area (TPSA) is 122 Å². The number of aromatic nitrogens is 2. The van der Waals surface area contributed by atoms with Crippen molar-refractivity contribution in [1.82, 2.24) is 10.3 Å². The number of anilines is 1. The summed E-state index contributed by atoms with van der Waals surface area (Å²) in [5.41, 5.74) is 1.71. The van der Waals surface area contributed by atoms with Crippen LogP contribution in [0.4, 0.5) is 5.69 Å². The molecule has 2 aromatic carbocycles. The van der Waals surface area contributed by atoms with E-state index in [2.05, 4.69) is 19.7 Å². The van der Waals surface area contributed by atoms with Crippen LogP contribution in [-0.2, 0) is 22.9 Å². The third-order valence-electron chi connectivity index (χ3n) is 4.61. The number of carboxylic acid groups (broad SMARTS) is 1. The Balaban J connectivity index is 1.82. The van der Waals surface area contributed by atoms with Gasteiger partial charge in [0.05, 0.1) is 16.3 Å². The van der Waals surface area contributed by atoms with Crippen LogP contribution < -0.4 is 4.72 Å². The molecule has 1 heterocycles. The highest BCUT2D eigenvalue weighted by Gasteiger charge is 2.27. The second-order valence-electron chi connectivity index (χ2n) is 6.25. The first-order chi connectivity index (χ1) is 12.9. The number of aryl methyl sites for hydroxylation is 1. The summed E-state index contributed by atoms with van der Waals surface area (Å²) in [4.78, 5) is 11.6. The molecule has 8 nitrogen and oxygen atoms in total. The van der Waals surface area contributed by atoms with Gasteiger partial charge < -0.3 is 5.11 Å². The largest absolute Gasteiger partial charge is 0.478 e. The summed E-state index contributed by atoms with van der Waals surface area (Å²) in [6.07, 6.45) is 3.24. The predicted molar refractivity (Wildman–Crippen MR) is 97.7 cm³/mol. The minimum absolute atomic E-state index is 0.0146. The van der Waals surface area contributed by atoms with E-state index in [1.807, 2.05) is 0 Å². The standard InChI is InChI=1S/C17H14ClN3O5S/c18-11-6-8-13(16-15(11)19-26-20-16)27(24,25)21-12-7-5-9-3-1-2-4-10(9)14(12)17(22)23/h5-8,21H,1-4H2,(H,22,23). The smallest absolute Gasteiger partial charge is 0.338 e. The number of rotatable bonds is 4. The number of hydrogen-bond acceptors (Lipinski definition) is 6. The van der Waals surface area contributed by atoms with Crippen LogP contribution in [0.2, 0.25) is 5.02 Å². The lowest BCUT2D eigenvalue weighted by atomic mass is 9.87. The van der Waals surface area contributed by atoms with Crippen molar-refractivity contribution < 1.29 is 22.9 Å². The first kappa shape index (κ1) is 17.7. The van der Waals surface area contributed by atoms with Gasteiger partial charge in [0.25, 0.3) is 10.0 Å². The maximum Gasteiger partial charge on any atom is 0.338 e. The van der Waals surface area contributed by atoms with Crippen LogP contribution in [0, 0.1) is 0 Å². The molecule has 0 amide bonds. The summed E-state index contributed by atoms with van der Waals surface area (Å²) in [6, 6.07) is 5.90. The minimum Gasteiger partial charge on any atom is -0.478 e. The molecule has 0 aliphatic heterocycles. The second kappa shape index (κ2) is 6.50. The van der Waals surface area contributed by atoms with Crippen molar-refractivity contribution in [3.63, 3.8) is 0 Å². The molecule has 1 aromatic heterocycles. The molecule has 0 spiro atoms. The first-order valence-electron chi connectivity index (χ1n) is 8.20. The Morgan fingerprint density at radius 1 is 1.11 bits per heavy atom. The van der Waals surface area contributed by atoms with Gasteiger partial charge in [-0.25, -0.2) is 17.8 Å². The summed E-state index contributed by atoms with van der Waals surface area (Å²) in [5.74, 6) is -1.17. The quantitative estimate of drug-likeness (QED) is 0.680. The summed E-state index contributed by atoms with van der Waals surface area (Å²) in [7, 11) is -4.14. The number of sulfonamides is 1. The lowest BCUT2D eigenvalue weighted by Gasteiger charge is -2.20. The van der Waals surface area contributed by atoms with E-state index in [0.717, 1.165) is 24.8 Å². The number of carbonyl (C=O) groups is 1. The Morgan fingerprint density at radius 2 is 1.85 bits per heavy atom. The average molecular weight is 408 g/mol. The summed E-state index contributed by atoms with van der Waals surface area (Å²) in [5, 5.41) is 17.1. The predicted octanol–water partition coefficient (Wildman–Crippen LogP) is 3.25. The number of halogens is 1. The Kier molecular flexibility index (Phi) is 4.27. The Morgan fingerprint density at radius 3 is 2.63 bits per heavy atom. The van der Waals surface area contributed by atoms with Crippen molar-refractivity contribution in [2.45, 2.75) is 30.6 Å². The maximum absolute atomic E-state index is 12.9. The number of carboxylic acids is 1. The average Bonchev–Trinajstić information content (AvgIpc) is 3.11. The fourth-order valence-corrected chi connectivity index (χ4v) is 4.78. The number of nitrogens with one attached hydrogen (secondary N) is 1. The highest BCUT2D eigenvalue weighted by molar-refractivity contribution is 7.93. The molecule has 1 aliphatic rings. The molecule has 27 heavy (non-hydrogen) atoms. The zero-order valence-corrected chi connectivity index (χ0v) is 15.5. The molecule has 2 N–H and O–H groups in total. The van der Waals surface area contributed by atoms with Crippen LogP contribution in [0.3, 0.4) is 0 Å². The van der Waals surface area contributed by atoms with Gasteiger partial charge in [0.2, 0.25) is 0 Å². The third-order valence-corrected chi connectivity index (χ3v) is 6.31. The van der Waals surface area contributed by atoms with Crippen LogP contribution in [0.5, 0.6) is 0 Å². The van der Waals surface area contributed by atoms with Crippen molar-refractivity contribution in [1.29, 1.82) is 0 Å². The van der Waals surface area contributed by atoms with E-state index in [4.69, 9.17) is 11.6 Å². The number of nitrogens with zero attached hydrogens (tertiary/aromatic N) is 2. The molecule has 0 unspecified atom stereocenters. The van der Waals surface area contributed by atoms with E-state index in [1.54, 1.807) is 6.07 Å². The summed E-state index contributed by atoms with van der Waals surface area (Å²) >= 11 is 5.97. The fraction of sp³-hybridized carbons (Fsp3) is 0.235. The van der Waals surface area contributed by atoms with Crippen LogP contribution in [0.25, 0.3) is 11.0 Å². The van der Waals surface area contributed by atoms with Gasteiger partial charge in [-0.2, -0.15) is 0 Å². The van der Waals surface area contributed by atoms with Gasteiger partial charge in [-0.15, -0.1) is 0 Å². The maximum atomic E-state index is 12.9. The second-order valence-corrected chi connectivity index (χ2v) is 8.31. The zero-order valence-electron chi connectivity index (χ0n) is 13.9. The molecule has 0 bridgehead atoms. The number of hydrogen-bond donors (Lipinski definition) is 2. The Bertz CT molecular complexity index is 1170. The number of fused-ring (bicyclic) bond motifs is 2. The van der Waals surface area contributed by atoms with Crippen LogP contribution >= 0.6 is 11.6 Å². The normalized spacial score (nSPS) is 14.1. The van der Waals surface area contributed by atoms with Crippen molar-refractivity contribution in [2.75, 3.05) is 4.72 Å². The highest BCUT2D eigenvalue weighted by atomic mass is 35.5. The van der Waals surface area contributed by atoms with Crippen LogP contribution in [-0.4, -0.2) is 29.8 Å². The molecule has 0 atom stereocenters. The van der Waals surface area contributed by atoms with E-state index < -0.39 is 16.0 Å². The molecular formula is C17H14ClN3O5S. The van der Waals surface area contributed by atoms with E-state index in [0.29, 0.717) is 12.0 Å². The van der Waals surface area contributed by atoms with Crippen LogP contribution in [0.1, 0.15) is 34.3 Å². The molecule has 0 radical (unpaired) electrons. The van der Waals surface area contributed by atoms with Gasteiger partial charge in [-0.05, 0) is 65.3 Å². The molecule has 10 heteroatoms. The monoisotopic (exact) mass is 407 g/mol. The first-order valence-corrected chi connectivity index (χ1v) is 10.1. The third kappa shape index (κ3) is 3.02. The van der Waals surface area contributed by atoms with Crippen molar-refractivity contribution in [3.8, 4) is 0 Å². The van der Waals surface area contributed by atoms with Crippen molar-refractivity contribution in [3.05, 3.63) is 46.0 Å². The lowest BCUT2D eigenvalue weighted by Crippen LogP contribution is -2.19. The van der Waals surface area contributed by atoms with Gasteiger partial charge in [-0.3, -0.25) is 4.72 Å². The molecular weight excluding hydrogens is 394 g/mol. The molecule has 1 aliphatic carbocycles. The van der Waals surface area contributed by atoms with E-state index in [-0.39, 0.29) is 32.2 Å². The van der Waals surface area contributed by atoms with Crippen LogP contribution in [0.15, 0.2) is 33.8 Å². The molecule has 0 saturated carbocycles. The molecule has 3 aromatic rings. The number of aromatic carboxylic acids is 1. The fourth-order valence-electron chi connectivity index (χ4n) is 3.39. The van der Waals surface area contributed by atoms with Gasteiger partial charge in [-0.1, -0.05) is 17.7 Å². The van der Waals surface area contributed by atoms with Crippen molar-refractivity contribution >= 4 is 44.3 Å². The van der Waals surface area contributed by atoms with E-state index in [9.17, 15) is 18.3 Å². The Labute approximate surface area is 159 Å². The molecule has 140 valence electrons. The summed E-state index contributed by atoms with van der Waals surface area (Å²) < 4.78 is 32.8. The number of benzene rings is 2. The zero-order chi connectivity index (χ0) is 19.2. The molecule has 4 rings (SSSR count). The molecule has 0 saturated heterocycles. The van der Waals surface area contributed by atoms with Gasteiger partial charge in [0.15, 0.2) is 11.0 Å². The van der Waals surface area contributed by atoms with Gasteiger partial charge in [0.1, 0.15) is 4.90 Å². The highest BCUT2D eigenvalue weighted by Crippen LogP contribution is 2.33.